The summed E-state index contributed by atoms with van der Waals surface area (Å²) in [5, 5.41) is 0. The van der Waals surface area contributed by atoms with Gasteiger partial charge in [-0.1, -0.05) is 19.3 Å². The van der Waals surface area contributed by atoms with Crippen LogP contribution < -0.4 is 0 Å². The predicted octanol–water partition coefficient (Wildman–Crippen LogP) is 4.19. The van der Waals surface area contributed by atoms with E-state index in [1.807, 2.05) is 25.7 Å². The Bertz CT molecular complexity index is 443. The summed E-state index contributed by atoms with van der Waals surface area (Å²) in [7, 11) is 1.61. The van der Waals surface area contributed by atoms with Gasteiger partial charge < -0.3 is 19.2 Å². The normalized spacial score (nSPS) is 23.1. The van der Waals surface area contributed by atoms with Crippen molar-refractivity contribution in [1.29, 1.82) is 0 Å². The Morgan fingerprint density at radius 3 is 2.28 bits per heavy atom. The molecule has 144 valence electrons. The Balaban J connectivity index is 2.06. The summed E-state index contributed by atoms with van der Waals surface area (Å²) in [6, 6.07) is 0. The smallest absolute Gasteiger partial charge is 0.410 e. The van der Waals surface area contributed by atoms with Gasteiger partial charge in [-0.25, -0.2) is 4.79 Å². The highest BCUT2D eigenvalue weighted by Gasteiger charge is 2.44. The van der Waals surface area contributed by atoms with E-state index in [9.17, 15) is 9.59 Å². The maximum absolute atomic E-state index is 12.4. The minimum Gasteiger partial charge on any atom is -0.444 e. The van der Waals surface area contributed by atoms with E-state index in [1.165, 1.54) is 32.1 Å². The molecule has 0 aromatic carbocycles. The minimum absolute atomic E-state index is 0.112. The first-order valence-electron chi connectivity index (χ1n) is 9.76. The second-order valence-corrected chi connectivity index (χ2v) is 8.78. The number of piperidine rings is 1. The average molecular weight is 354 g/mol. The van der Waals surface area contributed by atoms with Gasteiger partial charge in [-0.15, -0.1) is 0 Å². The van der Waals surface area contributed by atoms with Crippen LogP contribution in [0.2, 0.25) is 0 Å². The SMILES string of the molecule is COC(C=O)CC1(C2CCCCC2)CCN(C(=O)OC(C)(C)C)CC1. The maximum Gasteiger partial charge on any atom is 0.410 e. The molecule has 0 aromatic heterocycles. The van der Waals surface area contributed by atoms with Gasteiger partial charge in [0.05, 0.1) is 0 Å². The Labute approximate surface area is 152 Å². The molecule has 1 amide bonds. The fourth-order valence-electron chi connectivity index (χ4n) is 4.54. The van der Waals surface area contributed by atoms with Crippen LogP contribution in [0.15, 0.2) is 0 Å². The summed E-state index contributed by atoms with van der Waals surface area (Å²) < 4.78 is 10.9. The second-order valence-electron chi connectivity index (χ2n) is 8.78. The lowest BCUT2D eigenvalue weighted by Gasteiger charge is -2.48. The van der Waals surface area contributed by atoms with Gasteiger partial charge in [0.25, 0.3) is 0 Å². The highest BCUT2D eigenvalue weighted by molar-refractivity contribution is 5.68. The number of aldehydes is 1. The molecule has 0 bridgehead atoms. The fraction of sp³-hybridized carbons (Fsp3) is 0.900. The van der Waals surface area contributed by atoms with E-state index in [0.717, 1.165) is 25.5 Å². The molecule has 2 rings (SSSR count). The van der Waals surface area contributed by atoms with Gasteiger partial charge in [-0.3, -0.25) is 0 Å². The third kappa shape index (κ3) is 5.44. The number of hydrogen-bond donors (Lipinski definition) is 0. The molecule has 1 heterocycles. The summed E-state index contributed by atoms with van der Waals surface area (Å²) in [5.41, 5.74) is -0.353. The van der Waals surface area contributed by atoms with Gasteiger partial charge >= 0.3 is 6.09 Å². The van der Waals surface area contributed by atoms with Crippen molar-refractivity contribution >= 4 is 12.4 Å². The van der Waals surface area contributed by atoms with Crippen LogP contribution in [-0.4, -0.2) is 49.2 Å². The number of likely N-dealkylation sites (tertiary alicyclic amines) is 1. The molecule has 2 fully saturated rings. The van der Waals surface area contributed by atoms with Gasteiger partial charge in [0.15, 0.2) is 0 Å². The standard InChI is InChI=1S/C20H35NO4/c1-19(2,3)25-18(23)21-12-10-20(11-13-21,14-17(15-22)24-4)16-8-6-5-7-9-16/h15-17H,5-14H2,1-4H3. The van der Waals surface area contributed by atoms with Gasteiger partial charge in [-0.2, -0.15) is 0 Å². The lowest BCUT2D eigenvalue weighted by Crippen LogP contribution is -2.49. The monoisotopic (exact) mass is 353 g/mol. The third-order valence-corrected chi connectivity index (χ3v) is 5.94. The van der Waals surface area contributed by atoms with Crippen LogP contribution in [0.1, 0.15) is 72.1 Å². The van der Waals surface area contributed by atoms with Crippen molar-refractivity contribution in [3.8, 4) is 0 Å². The zero-order valence-corrected chi connectivity index (χ0v) is 16.4. The van der Waals surface area contributed by atoms with Crippen molar-refractivity contribution in [1.82, 2.24) is 4.90 Å². The minimum atomic E-state index is -0.465. The first-order chi connectivity index (χ1) is 11.8. The highest BCUT2D eigenvalue weighted by atomic mass is 16.6. The highest BCUT2D eigenvalue weighted by Crippen LogP contribution is 2.49. The molecule has 0 aromatic rings. The number of methoxy groups -OCH3 is 1. The second kappa shape index (κ2) is 8.52. The molecule has 1 aliphatic heterocycles. The summed E-state index contributed by atoms with van der Waals surface area (Å²) in [5.74, 6) is 0.639. The molecule has 2 aliphatic rings. The Kier molecular flexibility index (Phi) is 6.89. The van der Waals surface area contributed by atoms with Gasteiger partial charge in [0, 0.05) is 20.2 Å². The van der Waals surface area contributed by atoms with E-state index in [2.05, 4.69) is 0 Å². The van der Waals surface area contributed by atoms with Gasteiger partial charge in [-0.05, 0) is 64.2 Å². The lowest BCUT2D eigenvalue weighted by molar-refractivity contribution is -0.120. The van der Waals surface area contributed by atoms with E-state index in [0.29, 0.717) is 19.0 Å². The zero-order valence-electron chi connectivity index (χ0n) is 16.4. The molecular weight excluding hydrogens is 318 g/mol. The number of amides is 1. The van der Waals surface area contributed by atoms with Crippen molar-refractivity contribution < 1.29 is 19.1 Å². The van der Waals surface area contributed by atoms with Crippen LogP contribution in [0.4, 0.5) is 4.79 Å². The van der Waals surface area contributed by atoms with E-state index < -0.39 is 5.60 Å². The molecule has 0 N–H and O–H groups in total. The first kappa shape index (κ1) is 20.2. The summed E-state index contributed by atoms with van der Waals surface area (Å²) >= 11 is 0. The van der Waals surface area contributed by atoms with Crippen LogP contribution in [0.3, 0.4) is 0 Å². The Morgan fingerprint density at radius 1 is 1.20 bits per heavy atom. The first-order valence-corrected chi connectivity index (χ1v) is 9.76. The summed E-state index contributed by atoms with van der Waals surface area (Å²) in [6.45, 7) is 7.11. The maximum atomic E-state index is 12.4. The predicted molar refractivity (Wildman–Crippen MR) is 97.5 cm³/mol. The van der Waals surface area contributed by atoms with Crippen LogP contribution in [0.25, 0.3) is 0 Å². The molecule has 5 nitrogen and oxygen atoms in total. The van der Waals surface area contributed by atoms with Crippen molar-refractivity contribution in [3.05, 3.63) is 0 Å². The number of carbonyl (C=O) groups is 2. The molecule has 0 spiro atoms. The van der Waals surface area contributed by atoms with Gasteiger partial charge in [0.2, 0.25) is 0 Å². The molecule has 25 heavy (non-hydrogen) atoms. The summed E-state index contributed by atoms with van der Waals surface area (Å²) in [6.07, 6.45) is 9.38. The molecule has 5 heteroatoms. The average Bonchev–Trinajstić information content (AvgIpc) is 2.59. The zero-order chi connectivity index (χ0) is 18.5. The molecule has 1 atom stereocenters. The van der Waals surface area contributed by atoms with Crippen LogP contribution in [0, 0.1) is 11.3 Å². The Morgan fingerprint density at radius 2 is 1.80 bits per heavy atom. The van der Waals surface area contributed by atoms with Gasteiger partial charge in [0.1, 0.15) is 18.0 Å². The molecule has 1 unspecified atom stereocenters. The van der Waals surface area contributed by atoms with E-state index in [4.69, 9.17) is 9.47 Å². The molecular formula is C20H35NO4. The lowest BCUT2D eigenvalue weighted by atomic mass is 9.61. The van der Waals surface area contributed by atoms with Crippen LogP contribution in [-0.2, 0) is 14.3 Å². The third-order valence-electron chi connectivity index (χ3n) is 5.94. The van der Waals surface area contributed by atoms with Crippen molar-refractivity contribution in [3.63, 3.8) is 0 Å². The van der Waals surface area contributed by atoms with E-state index in [1.54, 1.807) is 7.11 Å². The van der Waals surface area contributed by atoms with Crippen molar-refractivity contribution in [2.75, 3.05) is 20.2 Å². The van der Waals surface area contributed by atoms with E-state index >= 15 is 0 Å². The largest absolute Gasteiger partial charge is 0.444 e. The topological polar surface area (TPSA) is 55.8 Å². The Hall–Kier alpha value is -1.10. The van der Waals surface area contributed by atoms with E-state index in [-0.39, 0.29) is 17.6 Å². The molecule has 1 aliphatic carbocycles. The number of nitrogens with zero attached hydrogens (tertiary/aromatic N) is 1. The number of hydrogen-bond acceptors (Lipinski definition) is 4. The molecule has 1 saturated carbocycles. The quantitative estimate of drug-likeness (QED) is 0.696. The number of carbonyl (C=O) groups excluding carboxylic acids is 2. The number of rotatable bonds is 5. The molecule has 1 saturated heterocycles. The summed E-state index contributed by atoms with van der Waals surface area (Å²) in [4.78, 5) is 25.5. The number of ether oxygens (including phenoxy) is 2. The molecule has 0 radical (unpaired) electrons. The fourth-order valence-corrected chi connectivity index (χ4v) is 4.54. The van der Waals surface area contributed by atoms with Crippen LogP contribution in [0.5, 0.6) is 0 Å². The van der Waals surface area contributed by atoms with Crippen molar-refractivity contribution in [2.24, 2.45) is 11.3 Å². The van der Waals surface area contributed by atoms with Crippen molar-refractivity contribution in [2.45, 2.75) is 83.8 Å². The van der Waals surface area contributed by atoms with Crippen LogP contribution >= 0.6 is 0 Å².